The van der Waals surface area contributed by atoms with E-state index in [2.05, 4.69) is 19.6 Å². The molecule has 0 aliphatic heterocycles. The lowest BCUT2D eigenvalue weighted by Crippen LogP contribution is -1.58. The van der Waals surface area contributed by atoms with Gasteiger partial charge in [-0.05, 0) is 13.3 Å². The van der Waals surface area contributed by atoms with Crippen LogP contribution in [0, 0.1) is 0 Å². The van der Waals surface area contributed by atoms with E-state index in [1.807, 2.05) is 13.0 Å². The fraction of sp³-hybridized carbons (Fsp3) is 0.429. The van der Waals surface area contributed by atoms with Crippen molar-refractivity contribution in [2.24, 2.45) is 0 Å². The lowest BCUT2D eigenvalue weighted by Gasteiger charge is -1.79. The Labute approximate surface area is 45.5 Å². The van der Waals surface area contributed by atoms with Crippen molar-refractivity contribution in [3.05, 3.63) is 24.3 Å². The summed E-state index contributed by atoms with van der Waals surface area (Å²) in [6, 6.07) is 0. The van der Waals surface area contributed by atoms with Gasteiger partial charge in [0.2, 0.25) is 0 Å². The first-order valence-corrected chi connectivity index (χ1v) is 2.59. The molecule has 0 aromatic rings. The predicted molar refractivity (Wildman–Crippen MR) is 34.2 cm³/mol. The first-order valence-electron chi connectivity index (χ1n) is 2.59. The minimum Gasteiger partial charge on any atom is -0.0961 e. The maximum absolute atomic E-state index is 3.71. The summed E-state index contributed by atoms with van der Waals surface area (Å²) in [5.41, 5.74) is 1.13. The number of hydrogen-bond acceptors (Lipinski definition) is 0. The van der Waals surface area contributed by atoms with Gasteiger partial charge in [-0.3, -0.25) is 0 Å². The molecule has 0 heteroatoms. The Bertz CT molecular complexity index is 78.0. The van der Waals surface area contributed by atoms with Crippen LogP contribution in [0.5, 0.6) is 0 Å². The van der Waals surface area contributed by atoms with Crippen molar-refractivity contribution in [2.45, 2.75) is 20.3 Å². The highest BCUT2D eigenvalue weighted by Gasteiger charge is 1.67. The maximum atomic E-state index is 3.71. The molecule has 0 aromatic heterocycles. The van der Waals surface area contributed by atoms with Gasteiger partial charge in [0, 0.05) is 0 Å². The van der Waals surface area contributed by atoms with Crippen LogP contribution in [0.15, 0.2) is 24.3 Å². The molecule has 0 atom stereocenters. The largest absolute Gasteiger partial charge is 0.0961 e. The summed E-state index contributed by atoms with van der Waals surface area (Å²) < 4.78 is 0. The zero-order chi connectivity index (χ0) is 5.70. The molecule has 0 nitrogen and oxygen atoms in total. The molecule has 7 heavy (non-hydrogen) atoms. The van der Waals surface area contributed by atoms with E-state index < -0.39 is 0 Å². The van der Waals surface area contributed by atoms with E-state index in [0.29, 0.717) is 0 Å². The zero-order valence-electron chi connectivity index (χ0n) is 5.07. The third kappa shape index (κ3) is 5.48. The third-order valence-electron chi connectivity index (χ3n) is 0.638. The Kier molecular flexibility index (Phi) is 3.39. The highest BCUT2D eigenvalue weighted by molar-refractivity contribution is 5.10. The van der Waals surface area contributed by atoms with Crippen LogP contribution in [0.4, 0.5) is 0 Å². The molecule has 0 unspecified atom stereocenters. The first-order chi connectivity index (χ1) is 3.27. The van der Waals surface area contributed by atoms with E-state index in [-0.39, 0.29) is 0 Å². The standard InChI is InChI=1S/C7H12/c1-4-5-6-7(2)3/h5-6H,2,4H2,1,3H3. The van der Waals surface area contributed by atoms with E-state index in [4.69, 9.17) is 0 Å². The van der Waals surface area contributed by atoms with Gasteiger partial charge < -0.3 is 0 Å². The molecular formula is C7H12. The van der Waals surface area contributed by atoms with E-state index in [0.717, 1.165) is 12.0 Å². The van der Waals surface area contributed by atoms with Gasteiger partial charge >= 0.3 is 0 Å². The number of allylic oxidation sites excluding steroid dienone is 3. The van der Waals surface area contributed by atoms with Crippen LogP contribution in [-0.2, 0) is 0 Å². The third-order valence-corrected chi connectivity index (χ3v) is 0.638. The van der Waals surface area contributed by atoms with Crippen molar-refractivity contribution in [2.75, 3.05) is 0 Å². The molecule has 0 aliphatic carbocycles. The lowest BCUT2D eigenvalue weighted by molar-refractivity contribution is 1.22. The van der Waals surface area contributed by atoms with Gasteiger partial charge in [0.05, 0.1) is 0 Å². The van der Waals surface area contributed by atoms with Gasteiger partial charge in [0.1, 0.15) is 0 Å². The van der Waals surface area contributed by atoms with Crippen LogP contribution in [0.25, 0.3) is 0 Å². The highest BCUT2D eigenvalue weighted by Crippen LogP contribution is 1.89. The summed E-state index contributed by atoms with van der Waals surface area (Å²) in [6.45, 7) is 7.81. The molecular weight excluding hydrogens is 84.1 g/mol. The molecule has 0 amide bonds. The molecule has 0 saturated heterocycles. The van der Waals surface area contributed by atoms with Crippen molar-refractivity contribution in [1.82, 2.24) is 0 Å². The monoisotopic (exact) mass is 96.1 g/mol. The Morgan fingerprint density at radius 3 is 2.43 bits per heavy atom. The molecule has 0 heterocycles. The smallest absolute Gasteiger partial charge is 0.0376 e. The fourth-order valence-corrected chi connectivity index (χ4v) is 0.319. The minimum atomic E-state index is 1.10. The molecule has 0 radical (unpaired) electrons. The Balaban J connectivity index is 3.26. The van der Waals surface area contributed by atoms with Crippen LogP contribution in [0.1, 0.15) is 20.3 Å². The van der Waals surface area contributed by atoms with Crippen molar-refractivity contribution in [3.63, 3.8) is 0 Å². The second-order valence-corrected chi connectivity index (χ2v) is 1.66. The van der Waals surface area contributed by atoms with Crippen LogP contribution in [0.3, 0.4) is 0 Å². The molecule has 0 fully saturated rings. The number of rotatable bonds is 2. The molecule has 0 spiro atoms. The summed E-state index contributed by atoms with van der Waals surface area (Å²) in [4.78, 5) is 0. The number of hydrogen-bond donors (Lipinski definition) is 0. The second kappa shape index (κ2) is 3.66. The highest BCUT2D eigenvalue weighted by atomic mass is 13.7. The van der Waals surface area contributed by atoms with Gasteiger partial charge in [0.25, 0.3) is 0 Å². The second-order valence-electron chi connectivity index (χ2n) is 1.66. The molecule has 40 valence electrons. The molecule has 0 aromatic carbocycles. The van der Waals surface area contributed by atoms with E-state index in [1.165, 1.54) is 0 Å². The molecule has 0 N–H and O–H groups in total. The van der Waals surface area contributed by atoms with Crippen LogP contribution < -0.4 is 0 Å². The van der Waals surface area contributed by atoms with E-state index in [1.54, 1.807) is 0 Å². The topological polar surface area (TPSA) is 0 Å². The van der Waals surface area contributed by atoms with Crippen LogP contribution >= 0.6 is 0 Å². The minimum absolute atomic E-state index is 1.10. The fourth-order valence-electron chi connectivity index (χ4n) is 0.319. The molecule has 0 aliphatic rings. The Hall–Kier alpha value is -0.520. The molecule has 0 saturated carbocycles. The van der Waals surface area contributed by atoms with Gasteiger partial charge in [-0.25, -0.2) is 0 Å². The van der Waals surface area contributed by atoms with Gasteiger partial charge in [-0.2, -0.15) is 0 Å². The van der Waals surface area contributed by atoms with Crippen molar-refractivity contribution < 1.29 is 0 Å². The maximum Gasteiger partial charge on any atom is -0.0376 e. The first kappa shape index (κ1) is 6.48. The average molecular weight is 96.2 g/mol. The summed E-state index contributed by atoms with van der Waals surface area (Å²) in [5.74, 6) is 0. The summed E-state index contributed by atoms with van der Waals surface area (Å²) in [6.07, 6.45) is 5.23. The average Bonchev–Trinajstić information content (AvgIpc) is 1.61. The van der Waals surface area contributed by atoms with Crippen molar-refractivity contribution in [1.29, 1.82) is 0 Å². The van der Waals surface area contributed by atoms with Gasteiger partial charge in [-0.15, -0.1) is 0 Å². The summed E-state index contributed by atoms with van der Waals surface area (Å²) >= 11 is 0. The zero-order valence-corrected chi connectivity index (χ0v) is 5.07. The Morgan fingerprint density at radius 1 is 1.71 bits per heavy atom. The Morgan fingerprint density at radius 2 is 2.29 bits per heavy atom. The summed E-state index contributed by atoms with van der Waals surface area (Å²) in [5, 5.41) is 0. The normalized spacial score (nSPS) is 10.0. The van der Waals surface area contributed by atoms with E-state index in [9.17, 15) is 0 Å². The molecule has 0 rings (SSSR count). The molecule has 0 bridgehead atoms. The van der Waals surface area contributed by atoms with Crippen molar-refractivity contribution >= 4 is 0 Å². The van der Waals surface area contributed by atoms with Gasteiger partial charge in [0.15, 0.2) is 0 Å². The predicted octanol–water partition coefficient (Wildman–Crippen LogP) is 2.53. The SMILES string of the molecule is C=C(C)C=CCC. The van der Waals surface area contributed by atoms with Crippen LogP contribution in [-0.4, -0.2) is 0 Å². The van der Waals surface area contributed by atoms with Gasteiger partial charge in [-0.1, -0.05) is 31.2 Å². The van der Waals surface area contributed by atoms with Crippen molar-refractivity contribution in [3.8, 4) is 0 Å². The quantitative estimate of drug-likeness (QED) is 0.463. The summed E-state index contributed by atoms with van der Waals surface area (Å²) in [7, 11) is 0. The van der Waals surface area contributed by atoms with Crippen LogP contribution in [0.2, 0.25) is 0 Å². The van der Waals surface area contributed by atoms with E-state index >= 15 is 0 Å². The lowest BCUT2D eigenvalue weighted by atomic mass is 10.3.